The minimum absolute atomic E-state index is 0.984. The minimum Gasteiger partial charge on any atom is -0.467 e. The SMILES string of the molecule is CCC.Cc1ccc(C)o1. The van der Waals surface area contributed by atoms with Gasteiger partial charge in [0.05, 0.1) is 0 Å². The summed E-state index contributed by atoms with van der Waals surface area (Å²) < 4.78 is 5.08. The van der Waals surface area contributed by atoms with Gasteiger partial charge in [0.2, 0.25) is 0 Å². The lowest BCUT2D eigenvalue weighted by Gasteiger charge is -1.76. The number of aryl methyl sites for hydroxylation is 2. The van der Waals surface area contributed by atoms with E-state index in [0.717, 1.165) is 11.5 Å². The Bertz CT molecular complexity index is 148. The zero-order valence-electron chi connectivity index (χ0n) is 7.27. The second-order valence-corrected chi connectivity index (χ2v) is 2.36. The molecule has 0 bridgehead atoms. The van der Waals surface area contributed by atoms with Gasteiger partial charge in [0.25, 0.3) is 0 Å². The van der Waals surface area contributed by atoms with Gasteiger partial charge in [-0.3, -0.25) is 0 Å². The van der Waals surface area contributed by atoms with Crippen molar-refractivity contribution in [2.75, 3.05) is 0 Å². The third-order valence-electron chi connectivity index (χ3n) is 0.875. The fourth-order valence-electron chi connectivity index (χ4n) is 0.557. The molecule has 0 aliphatic carbocycles. The monoisotopic (exact) mass is 140 g/mol. The standard InChI is InChI=1S/C6H8O.C3H8/c1-5-3-4-6(2)7-5;1-3-2/h3-4H,1-2H3;3H2,1-2H3. The van der Waals surface area contributed by atoms with E-state index >= 15 is 0 Å². The van der Waals surface area contributed by atoms with Gasteiger partial charge < -0.3 is 4.42 Å². The summed E-state index contributed by atoms with van der Waals surface area (Å²) in [6.45, 7) is 8.12. The van der Waals surface area contributed by atoms with Crippen LogP contribution in [0.5, 0.6) is 0 Å². The number of rotatable bonds is 0. The van der Waals surface area contributed by atoms with Crippen LogP contribution in [-0.2, 0) is 0 Å². The van der Waals surface area contributed by atoms with Crippen molar-refractivity contribution in [3.8, 4) is 0 Å². The van der Waals surface area contributed by atoms with Gasteiger partial charge in [0, 0.05) is 0 Å². The number of hydrogen-bond acceptors (Lipinski definition) is 1. The fraction of sp³-hybridized carbons (Fsp3) is 0.556. The highest BCUT2D eigenvalue weighted by Gasteiger charge is 1.85. The summed E-state index contributed by atoms with van der Waals surface area (Å²) in [5.41, 5.74) is 0. The van der Waals surface area contributed by atoms with Gasteiger partial charge in [-0.25, -0.2) is 0 Å². The lowest BCUT2D eigenvalue weighted by molar-refractivity contribution is 0.504. The highest BCUT2D eigenvalue weighted by Crippen LogP contribution is 2.02. The Morgan fingerprint density at radius 3 is 1.50 bits per heavy atom. The van der Waals surface area contributed by atoms with Crippen molar-refractivity contribution in [2.24, 2.45) is 0 Å². The van der Waals surface area contributed by atoms with Crippen molar-refractivity contribution in [3.05, 3.63) is 23.7 Å². The van der Waals surface area contributed by atoms with Gasteiger partial charge in [-0.1, -0.05) is 20.3 Å². The van der Waals surface area contributed by atoms with Gasteiger partial charge in [-0.2, -0.15) is 0 Å². The fourth-order valence-corrected chi connectivity index (χ4v) is 0.557. The van der Waals surface area contributed by atoms with E-state index in [1.165, 1.54) is 6.42 Å². The van der Waals surface area contributed by atoms with Gasteiger partial charge in [-0.15, -0.1) is 0 Å². The van der Waals surface area contributed by atoms with E-state index in [4.69, 9.17) is 4.42 Å². The number of hydrogen-bond donors (Lipinski definition) is 0. The Balaban J connectivity index is 0.000000236. The second kappa shape index (κ2) is 5.10. The molecule has 0 N–H and O–H groups in total. The zero-order valence-corrected chi connectivity index (χ0v) is 7.27. The summed E-state index contributed by atoms with van der Waals surface area (Å²) >= 11 is 0. The maximum absolute atomic E-state index is 5.08. The molecule has 1 rings (SSSR count). The summed E-state index contributed by atoms with van der Waals surface area (Å²) in [4.78, 5) is 0. The van der Waals surface area contributed by atoms with Crippen molar-refractivity contribution >= 4 is 0 Å². The third-order valence-corrected chi connectivity index (χ3v) is 0.875. The first-order chi connectivity index (χ1) is 4.70. The predicted octanol–water partition coefficient (Wildman–Crippen LogP) is 3.31. The summed E-state index contributed by atoms with van der Waals surface area (Å²) in [6.07, 6.45) is 1.25. The zero-order chi connectivity index (χ0) is 7.98. The molecule has 0 saturated heterocycles. The molecular formula is C9H16O. The van der Waals surface area contributed by atoms with E-state index < -0.39 is 0 Å². The minimum atomic E-state index is 0.984. The van der Waals surface area contributed by atoms with E-state index in [1.807, 2.05) is 26.0 Å². The summed E-state index contributed by atoms with van der Waals surface area (Å²) in [5, 5.41) is 0. The van der Waals surface area contributed by atoms with Gasteiger partial charge >= 0.3 is 0 Å². The maximum atomic E-state index is 5.08. The molecule has 1 heterocycles. The Labute approximate surface area is 63.1 Å². The van der Waals surface area contributed by atoms with E-state index in [-0.39, 0.29) is 0 Å². The van der Waals surface area contributed by atoms with Crippen molar-refractivity contribution in [1.29, 1.82) is 0 Å². The quantitative estimate of drug-likeness (QED) is 0.538. The Kier molecular flexibility index (Phi) is 4.73. The lowest BCUT2D eigenvalue weighted by Crippen LogP contribution is -1.53. The normalized spacial score (nSPS) is 8.40. The van der Waals surface area contributed by atoms with E-state index in [0.29, 0.717) is 0 Å². The number of furan rings is 1. The molecule has 0 fully saturated rings. The van der Waals surface area contributed by atoms with Crippen LogP contribution >= 0.6 is 0 Å². The van der Waals surface area contributed by atoms with Crippen molar-refractivity contribution < 1.29 is 4.42 Å². The van der Waals surface area contributed by atoms with E-state index in [9.17, 15) is 0 Å². The molecule has 58 valence electrons. The molecule has 0 spiro atoms. The van der Waals surface area contributed by atoms with Gasteiger partial charge in [0.15, 0.2) is 0 Å². The Morgan fingerprint density at radius 1 is 1.10 bits per heavy atom. The van der Waals surface area contributed by atoms with Crippen LogP contribution in [0.15, 0.2) is 16.5 Å². The van der Waals surface area contributed by atoms with Crippen LogP contribution in [0.4, 0.5) is 0 Å². The molecule has 1 aromatic heterocycles. The lowest BCUT2D eigenvalue weighted by atomic mass is 10.5. The first-order valence-corrected chi connectivity index (χ1v) is 3.73. The molecular weight excluding hydrogens is 124 g/mol. The maximum Gasteiger partial charge on any atom is 0.101 e. The average Bonchev–Trinajstić information content (AvgIpc) is 2.17. The molecule has 0 saturated carbocycles. The third kappa shape index (κ3) is 4.19. The van der Waals surface area contributed by atoms with Crippen LogP contribution in [0.25, 0.3) is 0 Å². The molecule has 1 aromatic rings. The topological polar surface area (TPSA) is 13.1 Å². The summed E-state index contributed by atoms with van der Waals surface area (Å²) in [5.74, 6) is 1.97. The molecule has 0 radical (unpaired) electrons. The summed E-state index contributed by atoms with van der Waals surface area (Å²) in [6, 6.07) is 3.91. The molecule has 0 atom stereocenters. The van der Waals surface area contributed by atoms with Gasteiger partial charge in [0.1, 0.15) is 11.5 Å². The molecule has 0 amide bonds. The molecule has 1 nitrogen and oxygen atoms in total. The van der Waals surface area contributed by atoms with Crippen molar-refractivity contribution in [2.45, 2.75) is 34.1 Å². The first kappa shape index (κ1) is 9.28. The van der Waals surface area contributed by atoms with Crippen LogP contribution < -0.4 is 0 Å². The van der Waals surface area contributed by atoms with Crippen LogP contribution in [0.2, 0.25) is 0 Å². The smallest absolute Gasteiger partial charge is 0.101 e. The predicted molar refractivity (Wildman–Crippen MR) is 44.1 cm³/mol. The molecule has 0 aromatic carbocycles. The first-order valence-electron chi connectivity index (χ1n) is 3.73. The summed E-state index contributed by atoms with van der Waals surface area (Å²) in [7, 11) is 0. The highest BCUT2D eigenvalue weighted by atomic mass is 16.3. The largest absolute Gasteiger partial charge is 0.467 e. The van der Waals surface area contributed by atoms with Crippen molar-refractivity contribution in [3.63, 3.8) is 0 Å². The van der Waals surface area contributed by atoms with E-state index in [1.54, 1.807) is 0 Å². The van der Waals surface area contributed by atoms with E-state index in [2.05, 4.69) is 13.8 Å². The van der Waals surface area contributed by atoms with Gasteiger partial charge in [-0.05, 0) is 26.0 Å². The molecule has 1 heteroatoms. The van der Waals surface area contributed by atoms with Crippen LogP contribution in [0.3, 0.4) is 0 Å². The molecule has 0 aliphatic rings. The average molecular weight is 140 g/mol. The Hall–Kier alpha value is -0.720. The second-order valence-electron chi connectivity index (χ2n) is 2.36. The Morgan fingerprint density at radius 2 is 1.40 bits per heavy atom. The molecule has 0 aliphatic heterocycles. The molecule has 10 heavy (non-hydrogen) atoms. The van der Waals surface area contributed by atoms with Crippen LogP contribution in [0.1, 0.15) is 31.8 Å². The van der Waals surface area contributed by atoms with Crippen LogP contribution in [-0.4, -0.2) is 0 Å². The van der Waals surface area contributed by atoms with Crippen molar-refractivity contribution in [1.82, 2.24) is 0 Å². The van der Waals surface area contributed by atoms with Crippen LogP contribution in [0, 0.1) is 13.8 Å². The highest BCUT2D eigenvalue weighted by molar-refractivity contribution is 5.02. The molecule has 0 unspecified atom stereocenters.